The lowest BCUT2D eigenvalue weighted by Crippen LogP contribution is -2.68. The summed E-state index contributed by atoms with van der Waals surface area (Å²) in [7, 11) is 0. The number of fused-ring (bicyclic) bond motifs is 4. The summed E-state index contributed by atoms with van der Waals surface area (Å²) in [5.41, 5.74) is 7.42. The van der Waals surface area contributed by atoms with Crippen LogP contribution in [0.3, 0.4) is 0 Å². The third-order valence-corrected chi connectivity index (χ3v) is 10.1. The van der Waals surface area contributed by atoms with Crippen molar-refractivity contribution in [3.8, 4) is 17.3 Å². The molecular weight excluding hydrogens is 542 g/mol. The molecule has 6 heteroatoms. The molecule has 0 amide bonds. The molecule has 1 aliphatic heterocycles. The zero-order valence-electron chi connectivity index (χ0n) is 25.4. The van der Waals surface area contributed by atoms with Crippen LogP contribution in [0.1, 0.15) is 45.6 Å². The molecule has 4 aliphatic rings. The van der Waals surface area contributed by atoms with E-state index in [1.807, 2.05) is 24.7 Å². The lowest BCUT2D eigenvalue weighted by atomic mass is 9.49. The van der Waals surface area contributed by atoms with E-state index in [1.165, 1.54) is 47.0 Å². The van der Waals surface area contributed by atoms with Crippen molar-refractivity contribution in [2.75, 3.05) is 16.5 Å². The lowest BCUT2D eigenvalue weighted by Gasteiger charge is -2.66. The van der Waals surface area contributed by atoms with Gasteiger partial charge in [-0.05, 0) is 84.7 Å². The summed E-state index contributed by atoms with van der Waals surface area (Å²) < 4.78 is 8.85. The Balaban J connectivity index is 1.08. The summed E-state index contributed by atoms with van der Waals surface area (Å²) in [6.07, 6.45) is 9.80. The number of rotatable bonds is 5. The molecule has 2 bridgehead atoms. The van der Waals surface area contributed by atoms with Crippen molar-refractivity contribution >= 4 is 38.9 Å². The average Bonchev–Trinajstić information content (AvgIpc) is 3.52. The van der Waals surface area contributed by atoms with Gasteiger partial charge in [0.2, 0.25) is 0 Å². The fourth-order valence-corrected chi connectivity index (χ4v) is 7.62. The lowest BCUT2D eigenvalue weighted by molar-refractivity contribution is -0.0233. The molecule has 6 aromatic rings. The quantitative estimate of drug-likeness (QED) is 0.204. The fraction of sp³-hybridized carbons (Fsp3) is 0.263. The summed E-state index contributed by atoms with van der Waals surface area (Å²) in [4.78, 5) is 14.3. The van der Waals surface area contributed by atoms with Gasteiger partial charge in [-0.15, -0.1) is 0 Å². The van der Waals surface area contributed by atoms with Gasteiger partial charge in [-0.2, -0.15) is 0 Å². The van der Waals surface area contributed by atoms with Crippen LogP contribution in [-0.4, -0.2) is 26.7 Å². The maximum Gasteiger partial charge on any atom is 0.137 e. The molecule has 0 spiro atoms. The van der Waals surface area contributed by atoms with Crippen molar-refractivity contribution in [3.05, 3.63) is 109 Å². The first-order chi connectivity index (χ1) is 21.4. The minimum Gasteiger partial charge on any atom is -0.457 e. The Kier molecular flexibility index (Phi) is 5.29. The highest BCUT2D eigenvalue weighted by Crippen LogP contribution is 2.63. The highest BCUT2D eigenvalue weighted by atomic mass is 16.5. The van der Waals surface area contributed by atoms with E-state index in [1.54, 1.807) is 0 Å². The summed E-state index contributed by atoms with van der Waals surface area (Å²) in [6, 6.07) is 29.9. The van der Waals surface area contributed by atoms with E-state index in [0.29, 0.717) is 5.54 Å². The van der Waals surface area contributed by atoms with Gasteiger partial charge in [0.15, 0.2) is 0 Å². The van der Waals surface area contributed by atoms with E-state index < -0.39 is 0 Å². The molecule has 0 N–H and O–H groups in total. The minimum absolute atomic E-state index is 0.0248. The molecule has 3 aromatic carbocycles. The molecule has 218 valence electrons. The Morgan fingerprint density at radius 1 is 0.773 bits per heavy atom. The predicted molar refractivity (Wildman–Crippen MR) is 178 cm³/mol. The van der Waals surface area contributed by atoms with Crippen molar-refractivity contribution in [2.24, 2.45) is 5.92 Å². The van der Waals surface area contributed by atoms with E-state index in [0.717, 1.165) is 46.6 Å². The van der Waals surface area contributed by atoms with Gasteiger partial charge >= 0.3 is 0 Å². The largest absolute Gasteiger partial charge is 0.457 e. The number of nitrogens with zero attached hydrogens (tertiary/aromatic N) is 5. The summed E-state index contributed by atoms with van der Waals surface area (Å²) in [6.45, 7) is 7.57. The molecule has 3 fully saturated rings. The molecule has 0 unspecified atom stereocenters. The minimum atomic E-state index is 0.0248. The maximum absolute atomic E-state index is 6.59. The monoisotopic (exact) mass is 577 g/mol. The molecule has 3 aromatic heterocycles. The number of benzene rings is 3. The first-order valence-electron chi connectivity index (χ1n) is 15.6. The van der Waals surface area contributed by atoms with Crippen LogP contribution in [0, 0.1) is 5.92 Å². The topological polar surface area (TPSA) is 46.4 Å². The van der Waals surface area contributed by atoms with Gasteiger partial charge in [-0.1, -0.05) is 45.0 Å². The Morgan fingerprint density at radius 3 is 2.41 bits per heavy atom. The SMILES string of the molecule is CC(C)(C)c1ccnc(-n2c3ccccc3c3ccc(Oc4cccc(N5CN(C67CC(C6)C7)c6cnccc65)c4)cc32)c1. The van der Waals surface area contributed by atoms with Crippen LogP contribution >= 0.6 is 0 Å². The van der Waals surface area contributed by atoms with E-state index in [2.05, 4.69) is 119 Å². The van der Waals surface area contributed by atoms with Gasteiger partial charge in [0.05, 0.1) is 35.3 Å². The zero-order valence-corrected chi connectivity index (χ0v) is 25.4. The molecule has 0 saturated heterocycles. The highest BCUT2D eigenvalue weighted by molar-refractivity contribution is 6.09. The fourth-order valence-electron chi connectivity index (χ4n) is 7.62. The van der Waals surface area contributed by atoms with Crippen molar-refractivity contribution in [3.63, 3.8) is 0 Å². The maximum atomic E-state index is 6.59. The summed E-state index contributed by atoms with van der Waals surface area (Å²) in [5, 5.41) is 2.38. The Morgan fingerprint density at radius 2 is 1.59 bits per heavy atom. The van der Waals surface area contributed by atoms with Crippen LogP contribution in [0.25, 0.3) is 27.6 Å². The zero-order chi connectivity index (χ0) is 29.6. The molecule has 3 saturated carbocycles. The molecule has 44 heavy (non-hydrogen) atoms. The van der Waals surface area contributed by atoms with Crippen LogP contribution in [0.15, 0.2) is 104 Å². The molecule has 0 radical (unpaired) electrons. The number of para-hydroxylation sites is 1. The molecular formula is C38H35N5O. The predicted octanol–water partition coefficient (Wildman–Crippen LogP) is 9.13. The smallest absolute Gasteiger partial charge is 0.137 e. The standard InChI is InChI=1S/C38H35N5O/c1-37(2,3)26-13-16-40-36(17-26)43-32-10-5-4-9-30(32)31-12-11-29(19-34(31)43)44-28-8-6-7-27(18-28)41-24-42(38-20-25(21-38)22-38)35-23-39-15-14-33(35)41/h4-19,23,25H,20-22,24H2,1-3H3. The Bertz CT molecular complexity index is 2070. The molecule has 3 aliphatic carbocycles. The highest BCUT2D eigenvalue weighted by Gasteiger charge is 2.61. The number of hydrogen-bond acceptors (Lipinski definition) is 5. The number of hydrogen-bond donors (Lipinski definition) is 0. The van der Waals surface area contributed by atoms with Crippen LogP contribution in [-0.2, 0) is 5.41 Å². The second-order valence-electron chi connectivity index (χ2n) is 13.8. The van der Waals surface area contributed by atoms with Gasteiger partial charge in [-0.25, -0.2) is 4.98 Å². The van der Waals surface area contributed by atoms with Gasteiger partial charge in [0.25, 0.3) is 0 Å². The Hall–Kier alpha value is -4.84. The Labute approximate surface area is 257 Å². The van der Waals surface area contributed by atoms with Crippen molar-refractivity contribution in [1.82, 2.24) is 14.5 Å². The third-order valence-electron chi connectivity index (χ3n) is 10.1. The van der Waals surface area contributed by atoms with Crippen molar-refractivity contribution in [2.45, 2.75) is 51.0 Å². The van der Waals surface area contributed by atoms with Crippen LogP contribution in [0.2, 0.25) is 0 Å². The average molecular weight is 578 g/mol. The van der Waals surface area contributed by atoms with Crippen molar-refractivity contribution < 1.29 is 4.74 Å². The second-order valence-corrected chi connectivity index (χ2v) is 13.8. The van der Waals surface area contributed by atoms with E-state index in [4.69, 9.17) is 9.72 Å². The van der Waals surface area contributed by atoms with Gasteiger partial charge < -0.3 is 14.5 Å². The molecule has 10 rings (SSSR count). The number of pyridine rings is 2. The summed E-state index contributed by atoms with van der Waals surface area (Å²) >= 11 is 0. The van der Waals surface area contributed by atoms with Crippen LogP contribution in [0.5, 0.6) is 11.5 Å². The van der Waals surface area contributed by atoms with E-state index >= 15 is 0 Å². The van der Waals surface area contributed by atoms with Gasteiger partial charge in [0, 0.05) is 46.5 Å². The number of anilines is 3. The van der Waals surface area contributed by atoms with Crippen LogP contribution < -0.4 is 14.5 Å². The molecule has 6 nitrogen and oxygen atoms in total. The number of aromatic nitrogens is 3. The second kappa shape index (κ2) is 9.08. The van der Waals surface area contributed by atoms with E-state index in [-0.39, 0.29) is 5.41 Å². The molecule has 0 atom stereocenters. The van der Waals surface area contributed by atoms with Gasteiger partial charge in [0.1, 0.15) is 17.3 Å². The third kappa shape index (κ3) is 3.79. The first kappa shape index (κ1) is 25.6. The molecule has 4 heterocycles. The van der Waals surface area contributed by atoms with E-state index in [9.17, 15) is 0 Å². The number of ether oxygens (including phenoxy) is 1. The summed E-state index contributed by atoms with van der Waals surface area (Å²) in [5.74, 6) is 3.46. The van der Waals surface area contributed by atoms with Gasteiger partial charge in [-0.3, -0.25) is 9.55 Å². The van der Waals surface area contributed by atoms with Crippen molar-refractivity contribution in [1.29, 1.82) is 0 Å². The first-order valence-corrected chi connectivity index (χ1v) is 15.6. The normalized spacial score (nSPS) is 20.5. The van der Waals surface area contributed by atoms with Crippen LogP contribution in [0.4, 0.5) is 17.1 Å².